The van der Waals surface area contributed by atoms with E-state index in [2.05, 4.69) is 15.5 Å². The summed E-state index contributed by atoms with van der Waals surface area (Å²) in [5.41, 5.74) is 1.46. The monoisotopic (exact) mass is 359 g/mol. The van der Waals surface area contributed by atoms with E-state index in [1.165, 1.54) is 18.2 Å². The number of nitrogens with zero attached hydrogens (tertiary/aromatic N) is 2. The van der Waals surface area contributed by atoms with Crippen LogP contribution in [0.15, 0.2) is 52.1 Å². The van der Waals surface area contributed by atoms with Crippen LogP contribution in [0.1, 0.15) is 5.56 Å². The van der Waals surface area contributed by atoms with E-state index in [-0.39, 0.29) is 34.1 Å². The van der Waals surface area contributed by atoms with Gasteiger partial charge in [-0.3, -0.25) is 4.79 Å². The quantitative estimate of drug-likeness (QED) is 0.534. The number of hydrogen-bond acceptors (Lipinski definition) is 6. The van der Waals surface area contributed by atoms with Gasteiger partial charge in [-0.1, -0.05) is 23.9 Å². The van der Waals surface area contributed by atoms with E-state index in [0.29, 0.717) is 11.3 Å². The maximum Gasteiger partial charge on any atom is 0.277 e. The Bertz CT molecular complexity index is 914. The Kier molecular flexibility index (Phi) is 4.99. The molecule has 25 heavy (non-hydrogen) atoms. The maximum absolute atomic E-state index is 13.7. The molecule has 1 heterocycles. The molecule has 3 rings (SSSR count). The van der Waals surface area contributed by atoms with Gasteiger partial charge in [0.15, 0.2) is 0 Å². The molecule has 0 saturated carbocycles. The van der Waals surface area contributed by atoms with Crippen molar-refractivity contribution in [1.29, 1.82) is 0 Å². The Morgan fingerprint density at radius 3 is 2.84 bits per heavy atom. The highest BCUT2D eigenvalue weighted by Crippen LogP contribution is 2.25. The van der Waals surface area contributed by atoms with E-state index in [9.17, 15) is 14.3 Å². The van der Waals surface area contributed by atoms with Crippen molar-refractivity contribution in [3.05, 3.63) is 53.8 Å². The summed E-state index contributed by atoms with van der Waals surface area (Å²) in [6.07, 6.45) is 0. The Morgan fingerprint density at radius 1 is 1.28 bits per heavy atom. The molecule has 0 atom stereocenters. The van der Waals surface area contributed by atoms with Crippen molar-refractivity contribution in [3.8, 4) is 17.2 Å². The Morgan fingerprint density at radius 2 is 2.08 bits per heavy atom. The second-order valence-electron chi connectivity index (χ2n) is 5.19. The highest BCUT2D eigenvalue weighted by molar-refractivity contribution is 7.99. The molecule has 0 saturated heterocycles. The Balaban J connectivity index is 1.59. The number of thioether (sulfide) groups is 1. The number of phenolic OH excluding ortho intramolecular Hbond substituents is 1. The second kappa shape index (κ2) is 7.35. The van der Waals surface area contributed by atoms with Crippen LogP contribution < -0.4 is 5.32 Å². The lowest BCUT2D eigenvalue weighted by Gasteiger charge is -2.06. The predicted molar refractivity (Wildman–Crippen MR) is 91.9 cm³/mol. The summed E-state index contributed by atoms with van der Waals surface area (Å²) >= 11 is 1.05. The molecule has 6 nitrogen and oxygen atoms in total. The van der Waals surface area contributed by atoms with Crippen molar-refractivity contribution < 1.29 is 18.7 Å². The number of aromatic hydroxyl groups is 1. The van der Waals surface area contributed by atoms with E-state index in [1.807, 2.05) is 0 Å². The van der Waals surface area contributed by atoms with E-state index in [4.69, 9.17) is 4.42 Å². The number of aromatic nitrogens is 2. The van der Waals surface area contributed by atoms with Gasteiger partial charge < -0.3 is 14.8 Å². The maximum atomic E-state index is 13.7. The molecule has 2 N–H and O–H groups in total. The lowest BCUT2D eigenvalue weighted by atomic mass is 10.2. The fraction of sp³-hybridized carbons (Fsp3) is 0.118. The summed E-state index contributed by atoms with van der Waals surface area (Å²) in [5.74, 6) is -0.434. The Hall–Kier alpha value is -2.87. The topological polar surface area (TPSA) is 88.3 Å². The zero-order chi connectivity index (χ0) is 17.8. The number of carbonyl (C=O) groups is 1. The van der Waals surface area contributed by atoms with E-state index >= 15 is 0 Å². The molecule has 3 aromatic rings. The normalized spacial score (nSPS) is 10.6. The van der Waals surface area contributed by atoms with Crippen molar-refractivity contribution in [3.63, 3.8) is 0 Å². The van der Waals surface area contributed by atoms with Crippen molar-refractivity contribution in [1.82, 2.24) is 10.2 Å². The van der Waals surface area contributed by atoms with Gasteiger partial charge in [0.05, 0.1) is 11.3 Å². The Labute approximate surface area is 147 Å². The molecule has 0 fully saturated rings. The smallest absolute Gasteiger partial charge is 0.277 e. The van der Waals surface area contributed by atoms with Crippen molar-refractivity contribution >= 4 is 23.4 Å². The highest BCUT2D eigenvalue weighted by Gasteiger charge is 2.14. The molecule has 0 unspecified atom stereocenters. The fourth-order valence-electron chi connectivity index (χ4n) is 2.07. The minimum atomic E-state index is -0.455. The lowest BCUT2D eigenvalue weighted by Crippen LogP contribution is -2.14. The molecule has 0 aliphatic carbocycles. The molecular formula is C17H14FN3O3S. The first-order valence-corrected chi connectivity index (χ1v) is 8.32. The van der Waals surface area contributed by atoms with Gasteiger partial charge in [0.2, 0.25) is 5.91 Å². The van der Waals surface area contributed by atoms with Crippen molar-refractivity contribution in [2.45, 2.75) is 12.1 Å². The van der Waals surface area contributed by atoms with Gasteiger partial charge in [-0.15, -0.1) is 10.2 Å². The molecule has 0 bridgehead atoms. The highest BCUT2D eigenvalue weighted by atomic mass is 32.2. The van der Waals surface area contributed by atoms with Crippen LogP contribution in [-0.4, -0.2) is 27.0 Å². The number of phenols is 1. The van der Waals surface area contributed by atoms with Gasteiger partial charge >= 0.3 is 0 Å². The third kappa shape index (κ3) is 4.16. The number of aryl methyl sites for hydroxylation is 1. The second-order valence-corrected chi connectivity index (χ2v) is 6.12. The van der Waals surface area contributed by atoms with Gasteiger partial charge in [0.1, 0.15) is 11.6 Å². The zero-order valence-electron chi connectivity index (χ0n) is 13.2. The van der Waals surface area contributed by atoms with Crippen molar-refractivity contribution in [2.24, 2.45) is 0 Å². The minimum absolute atomic E-state index is 0.0544. The summed E-state index contributed by atoms with van der Waals surface area (Å²) in [6, 6.07) is 10.9. The number of anilines is 1. The third-order valence-electron chi connectivity index (χ3n) is 3.32. The molecule has 8 heteroatoms. The summed E-state index contributed by atoms with van der Waals surface area (Å²) < 4.78 is 19.1. The summed E-state index contributed by atoms with van der Waals surface area (Å²) in [4.78, 5) is 12.0. The van der Waals surface area contributed by atoms with Crippen LogP contribution in [0.5, 0.6) is 5.75 Å². The van der Waals surface area contributed by atoms with Crippen LogP contribution in [0.2, 0.25) is 0 Å². The van der Waals surface area contributed by atoms with Crippen LogP contribution in [-0.2, 0) is 4.79 Å². The van der Waals surface area contributed by atoms with Gasteiger partial charge in [-0.2, -0.15) is 0 Å². The molecule has 0 aliphatic heterocycles. The molecule has 1 aromatic heterocycles. The largest absolute Gasteiger partial charge is 0.508 e. The average Bonchev–Trinajstić information content (AvgIpc) is 3.05. The minimum Gasteiger partial charge on any atom is -0.508 e. The predicted octanol–water partition coefficient (Wildman–Crippen LogP) is 3.62. The molecule has 1 amide bonds. The number of nitrogens with one attached hydrogen (secondary N) is 1. The fourth-order valence-corrected chi connectivity index (χ4v) is 2.63. The number of hydrogen-bond donors (Lipinski definition) is 2. The van der Waals surface area contributed by atoms with Crippen LogP contribution in [0.3, 0.4) is 0 Å². The summed E-state index contributed by atoms with van der Waals surface area (Å²) in [6.45, 7) is 1.74. The van der Waals surface area contributed by atoms with Gasteiger partial charge in [0, 0.05) is 5.69 Å². The van der Waals surface area contributed by atoms with Crippen LogP contribution in [0, 0.1) is 12.7 Å². The molecule has 0 aliphatic rings. The zero-order valence-corrected chi connectivity index (χ0v) is 14.0. The average molecular weight is 359 g/mol. The number of carbonyl (C=O) groups excluding carboxylic acids is 1. The van der Waals surface area contributed by atoms with Gasteiger partial charge in [-0.25, -0.2) is 4.39 Å². The van der Waals surface area contributed by atoms with Gasteiger partial charge in [0.25, 0.3) is 11.1 Å². The third-order valence-corrected chi connectivity index (χ3v) is 4.14. The van der Waals surface area contributed by atoms with Crippen LogP contribution in [0.4, 0.5) is 10.1 Å². The van der Waals surface area contributed by atoms with Crippen LogP contribution in [0.25, 0.3) is 11.5 Å². The van der Waals surface area contributed by atoms with E-state index in [1.54, 1.807) is 31.2 Å². The lowest BCUT2D eigenvalue weighted by molar-refractivity contribution is -0.113. The number of benzene rings is 2. The van der Waals surface area contributed by atoms with Crippen molar-refractivity contribution in [2.75, 3.05) is 11.1 Å². The number of amides is 1. The first kappa shape index (κ1) is 17.0. The first-order valence-electron chi connectivity index (χ1n) is 7.33. The SMILES string of the molecule is Cc1cc(NC(=O)CSc2nnc(-c3ccccc3F)o2)ccc1O. The molecule has 2 aromatic carbocycles. The van der Waals surface area contributed by atoms with E-state index < -0.39 is 5.82 Å². The molecule has 128 valence electrons. The first-order chi connectivity index (χ1) is 12.0. The standard InChI is InChI=1S/C17H14FN3O3S/c1-10-8-11(6-7-14(10)22)19-15(23)9-25-17-21-20-16(24-17)12-4-2-3-5-13(12)18/h2-8,22H,9H2,1H3,(H,19,23). The van der Waals surface area contributed by atoms with Crippen LogP contribution >= 0.6 is 11.8 Å². The van der Waals surface area contributed by atoms with Gasteiger partial charge in [-0.05, 0) is 42.8 Å². The molecular weight excluding hydrogens is 345 g/mol. The molecule has 0 spiro atoms. The number of rotatable bonds is 5. The molecule has 0 radical (unpaired) electrons. The summed E-state index contributed by atoms with van der Waals surface area (Å²) in [5, 5.41) is 20.0. The number of halogens is 1. The van der Waals surface area contributed by atoms with E-state index in [0.717, 1.165) is 11.8 Å². The summed E-state index contributed by atoms with van der Waals surface area (Å²) in [7, 11) is 0.